The van der Waals surface area contributed by atoms with Gasteiger partial charge in [0.25, 0.3) is 5.56 Å². The molecule has 0 saturated carbocycles. The SMILES string of the molecule is Nc1ccc(=O)n(CCOc2cccc3ncccc23)c1. The van der Waals surface area contributed by atoms with Gasteiger partial charge in [-0.1, -0.05) is 6.07 Å². The van der Waals surface area contributed by atoms with Crippen molar-refractivity contribution in [2.45, 2.75) is 6.54 Å². The highest BCUT2D eigenvalue weighted by Crippen LogP contribution is 2.23. The highest BCUT2D eigenvalue weighted by Gasteiger charge is 2.02. The number of pyridine rings is 2. The van der Waals surface area contributed by atoms with E-state index in [0.717, 1.165) is 16.7 Å². The van der Waals surface area contributed by atoms with Gasteiger partial charge in [-0.2, -0.15) is 0 Å². The highest BCUT2D eigenvalue weighted by molar-refractivity contribution is 5.84. The Hall–Kier alpha value is -2.82. The molecule has 0 aliphatic carbocycles. The molecule has 0 radical (unpaired) electrons. The van der Waals surface area contributed by atoms with Crippen LogP contribution in [0.15, 0.2) is 59.7 Å². The predicted octanol–water partition coefficient (Wildman–Crippen LogP) is 2.06. The number of hydrogen-bond acceptors (Lipinski definition) is 4. The van der Waals surface area contributed by atoms with E-state index in [4.69, 9.17) is 10.5 Å². The third-order valence-corrected chi connectivity index (χ3v) is 3.20. The summed E-state index contributed by atoms with van der Waals surface area (Å²) in [6.07, 6.45) is 3.37. The van der Waals surface area contributed by atoms with Crippen molar-refractivity contribution in [1.82, 2.24) is 9.55 Å². The minimum absolute atomic E-state index is 0.0904. The molecule has 0 saturated heterocycles. The van der Waals surface area contributed by atoms with Crippen molar-refractivity contribution in [3.05, 3.63) is 65.2 Å². The monoisotopic (exact) mass is 281 g/mol. The second-order valence-electron chi connectivity index (χ2n) is 4.67. The summed E-state index contributed by atoms with van der Waals surface area (Å²) in [7, 11) is 0. The lowest BCUT2D eigenvalue weighted by Crippen LogP contribution is -2.22. The highest BCUT2D eigenvalue weighted by atomic mass is 16.5. The Labute approximate surface area is 121 Å². The number of ether oxygens (including phenoxy) is 1. The first-order chi connectivity index (χ1) is 10.2. The smallest absolute Gasteiger partial charge is 0.250 e. The molecule has 3 rings (SSSR count). The average molecular weight is 281 g/mol. The summed E-state index contributed by atoms with van der Waals surface area (Å²) in [4.78, 5) is 16.0. The Bertz CT molecular complexity index is 822. The molecule has 5 heteroatoms. The number of nitrogens with two attached hydrogens (primary N) is 1. The first kappa shape index (κ1) is 13.2. The van der Waals surface area contributed by atoms with Crippen LogP contribution in [0.3, 0.4) is 0 Å². The number of benzene rings is 1. The van der Waals surface area contributed by atoms with Crippen molar-refractivity contribution < 1.29 is 4.74 Å². The van der Waals surface area contributed by atoms with Gasteiger partial charge in [0, 0.05) is 29.5 Å². The molecule has 1 aromatic carbocycles. The van der Waals surface area contributed by atoms with E-state index in [0.29, 0.717) is 18.8 Å². The number of fused-ring (bicyclic) bond motifs is 1. The molecule has 2 heterocycles. The van der Waals surface area contributed by atoms with Crippen molar-refractivity contribution in [3.63, 3.8) is 0 Å². The number of rotatable bonds is 4. The van der Waals surface area contributed by atoms with Crippen LogP contribution in [-0.4, -0.2) is 16.2 Å². The van der Waals surface area contributed by atoms with Gasteiger partial charge in [0.2, 0.25) is 0 Å². The largest absolute Gasteiger partial charge is 0.491 e. The van der Waals surface area contributed by atoms with E-state index in [1.165, 1.54) is 6.07 Å². The maximum absolute atomic E-state index is 11.7. The second kappa shape index (κ2) is 5.66. The van der Waals surface area contributed by atoms with Crippen molar-refractivity contribution >= 4 is 16.6 Å². The van der Waals surface area contributed by atoms with Crippen LogP contribution >= 0.6 is 0 Å². The van der Waals surface area contributed by atoms with E-state index in [1.54, 1.807) is 23.0 Å². The third-order valence-electron chi connectivity index (χ3n) is 3.20. The average Bonchev–Trinajstić information content (AvgIpc) is 2.51. The standard InChI is InChI=1S/C16H15N3O2/c17-12-6-7-16(20)19(11-12)9-10-21-15-5-1-4-14-13(15)3-2-8-18-14/h1-8,11H,9-10,17H2. The number of anilines is 1. The van der Waals surface area contributed by atoms with Crippen LogP contribution in [-0.2, 0) is 6.54 Å². The van der Waals surface area contributed by atoms with Crippen molar-refractivity contribution in [3.8, 4) is 5.75 Å². The molecule has 5 nitrogen and oxygen atoms in total. The Balaban J connectivity index is 1.75. The quantitative estimate of drug-likeness (QED) is 0.794. The summed E-state index contributed by atoms with van der Waals surface area (Å²) < 4.78 is 7.32. The zero-order valence-electron chi connectivity index (χ0n) is 11.4. The molecular weight excluding hydrogens is 266 g/mol. The van der Waals surface area contributed by atoms with Gasteiger partial charge in [0.15, 0.2) is 0 Å². The Morgan fingerprint density at radius 3 is 2.95 bits per heavy atom. The first-order valence-electron chi connectivity index (χ1n) is 6.66. The maximum atomic E-state index is 11.7. The van der Waals surface area contributed by atoms with Crippen LogP contribution in [0.4, 0.5) is 5.69 Å². The lowest BCUT2D eigenvalue weighted by atomic mass is 10.2. The van der Waals surface area contributed by atoms with Crippen LogP contribution in [0.5, 0.6) is 5.75 Å². The minimum Gasteiger partial charge on any atom is -0.491 e. The lowest BCUT2D eigenvalue weighted by molar-refractivity contribution is 0.300. The van der Waals surface area contributed by atoms with Crippen LogP contribution in [0.1, 0.15) is 0 Å². The summed E-state index contributed by atoms with van der Waals surface area (Å²) in [6.45, 7) is 0.831. The van der Waals surface area contributed by atoms with E-state index in [9.17, 15) is 4.79 Å². The fourth-order valence-corrected chi connectivity index (χ4v) is 2.18. The summed E-state index contributed by atoms with van der Waals surface area (Å²) in [6, 6.07) is 12.6. The summed E-state index contributed by atoms with van der Waals surface area (Å²) in [5.74, 6) is 0.762. The van der Waals surface area contributed by atoms with Gasteiger partial charge in [0.05, 0.1) is 12.1 Å². The van der Waals surface area contributed by atoms with Gasteiger partial charge in [0.1, 0.15) is 12.4 Å². The Morgan fingerprint density at radius 1 is 1.14 bits per heavy atom. The summed E-state index contributed by atoms with van der Waals surface area (Å²) >= 11 is 0. The Kier molecular flexibility index (Phi) is 3.55. The zero-order chi connectivity index (χ0) is 14.7. The van der Waals surface area contributed by atoms with Gasteiger partial charge < -0.3 is 15.0 Å². The van der Waals surface area contributed by atoms with Gasteiger partial charge in [-0.15, -0.1) is 0 Å². The third kappa shape index (κ3) is 2.86. The van der Waals surface area contributed by atoms with Crippen molar-refractivity contribution in [1.29, 1.82) is 0 Å². The molecule has 106 valence electrons. The lowest BCUT2D eigenvalue weighted by Gasteiger charge is -2.10. The molecule has 0 bridgehead atoms. The normalized spacial score (nSPS) is 10.7. The molecule has 0 aliphatic rings. The Morgan fingerprint density at radius 2 is 2.05 bits per heavy atom. The molecule has 0 spiro atoms. The summed E-state index contributed by atoms with van der Waals surface area (Å²) in [5, 5.41) is 0.958. The predicted molar refractivity (Wildman–Crippen MR) is 82.4 cm³/mol. The van der Waals surface area contributed by atoms with Crippen molar-refractivity contribution in [2.75, 3.05) is 12.3 Å². The van der Waals surface area contributed by atoms with E-state index >= 15 is 0 Å². The van der Waals surface area contributed by atoms with E-state index in [1.807, 2.05) is 30.3 Å². The van der Waals surface area contributed by atoms with Crippen LogP contribution in [0, 0.1) is 0 Å². The van der Waals surface area contributed by atoms with E-state index in [2.05, 4.69) is 4.98 Å². The van der Waals surface area contributed by atoms with E-state index < -0.39 is 0 Å². The molecule has 0 fully saturated rings. The van der Waals surface area contributed by atoms with Gasteiger partial charge in [-0.05, 0) is 30.3 Å². The molecule has 3 aromatic rings. The topological polar surface area (TPSA) is 70.1 Å². The molecule has 21 heavy (non-hydrogen) atoms. The number of aromatic nitrogens is 2. The summed E-state index contributed by atoms with van der Waals surface area (Å²) in [5.41, 5.74) is 7.03. The molecule has 2 N–H and O–H groups in total. The first-order valence-corrected chi connectivity index (χ1v) is 6.66. The fraction of sp³-hybridized carbons (Fsp3) is 0.125. The maximum Gasteiger partial charge on any atom is 0.250 e. The molecule has 0 amide bonds. The minimum atomic E-state index is -0.0904. The van der Waals surface area contributed by atoms with Crippen LogP contribution in [0.2, 0.25) is 0 Å². The molecule has 0 unspecified atom stereocenters. The molecular formula is C16H15N3O2. The van der Waals surface area contributed by atoms with Crippen LogP contribution in [0.25, 0.3) is 10.9 Å². The fourth-order valence-electron chi connectivity index (χ4n) is 2.18. The second-order valence-corrected chi connectivity index (χ2v) is 4.67. The molecule has 0 aliphatic heterocycles. The number of nitrogen functional groups attached to an aromatic ring is 1. The van der Waals surface area contributed by atoms with E-state index in [-0.39, 0.29) is 5.56 Å². The van der Waals surface area contributed by atoms with Crippen LogP contribution < -0.4 is 16.0 Å². The van der Waals surface area contributed by atoms with Gasteiger partial charge in [-0.3, -0.25) is 9.78 Å². The molecule has 2 aromatic heterocycles. The molecule has 0 atom stereocenters. The van der Waals surface area contributed by atoms with Gasteiger partial charge in [-0.25, -0.2) is 0 Å². The zero-order valence-corrected chi connectivity index (χ0v) is 11.4. The van der Waals surface area contributed by atoms with Gasteiger partial charge >= 0.3 is 0 Å². The number of nitrogens with zero attached hydrogens (tertiary/aromatic N) is 2. The number of hydrogen-bond donors (Lipinski definition) is 1. The van der Waals surface area contributed by atoms with Crippen molar-refractivity contribution in [2.24, 2.45) is 0 Å².